The lowest BCUT2D eigenvalue weighted by atomic mass is 10.0. The van der Waals surface area contributed by atoms with Crippen LogP contribution >= 0.6 is 0 Å². The Kier molecular flexibility index (Phi) is 2.54. The normalized spacial score (nSPS) is 10.9. The van der Waals surface area contributed by atoms with E-state index in [0.717, 1.165) is 11.5 Å². The van der Waals surface area contributed by atoms with Crippen molar-refractivity contribution in [3.05, 3.63) is 41.9 Å². The van der Waals surface area contributed by atoms with Crippen LogP contribution in [0.1, 0.15) is 31.0 Å². The van der Waals surface area contributed by atoms with Gasteiger partial charge < -0.3 is 0 Å². The van der Waals surface area contributed by atoms with Crippen LogP contribution < -0.4 is 0 Å². The van der Waals surface area contributed by atoms with Crippen molar-refractivity contribution < 1.29 is 0 Å². The summed E-state index contributed by atoms with van der Waals surface area (Å²) < 4.78 is 1.77. The number of nitrogens with zero attached hydrogens (tertiary/aromatic N) is 3. The fourth-order valence-electron chi connectivity index (χ4n) is 1.70. The quantitative estimate of drug-likeness (QED) is 0.748. The van der Waals surface area contributed by atoms with Crippen LogP contribution in [0.25, 0.3) is 5.82 Å². The van der Waals surface area contributed by atoms with Crippen LogP contribution in [-0.2, 0) is 0 Å². The van der Waals surface area contributed by atoms with E-state index in [-0.39, 0.29) is 0 Å². The summed E-state index contributed by atoms with van der Waals surface area (Å²) in [7, 11) is 0. The summed E-state index contributed by atoms with van der Waals surface area (Å²) in [5.74, 6) is 1.39. The summed E-state index contributed by atoms with van der Waals surface area (Å²) in [6.45, 7) is 6.40. The minimum Gasteiger partial charge on any atom is -0.234 e. The lowest BCUT2D eigenvalue weighted by Gasteiger charge is -2.10. The molecule has 0 N–H and O–H groups in total. The molecule has 0 spiro atoms. The summed E-state index contributed by atoms with van der Waals surface area (Å²) in [5.41, 5.74) is 2.38. The van der Waals surface area contributed by atoms with E-state index in [9.17, 15) is 0 Å². The molecule has 0 aliphatic heterocycles. The summed E-state index contributed by atoms with van der Waals surface area (Å²) in [6, 6.07) is 6.03. The maximum absolute atomic E-state index is 4.54. The third kappa shape index (κ3) is 1.91. The zero-order chi connectivity index (χ0) is 10.8. The second kappa shape index (κ2) is 3.85. The minimum absolute atomic E-state index is 0.518. The smallest absolute Gasteiger partial charge is 0.153 e. The second-order valence-corrected chi connectivity index (χ2v) is 3.95. The SMILES string of the molecule is Cc1nc(-n2cccn2)ccc1C(C)C. The van der Waals surface area contributed by atoms with E-state index in [1.165, 1.54) is 5.56 Å². The summed E-state index contributed by atoms with van der Waals surface area (Å²) in [5, 5.41) is 4.16. The molecular weight excluding hydrogens is 186 g/mol. The van der Waals surface area contributed by atoms with Gasteiger partial charge in [0.1, 0.15) is 0 Å². The van der Waals surface area contributed by atoms with Crippen molar-refractivity contribution in [1.82, 2.24) is 14.8 Å². The third-order valence-electron chi connectivity index (χ3n) is 2.47. The van der Waals surface area contributed by atoms with Crippen molar-refractivity contribution in [3.63, 3.8) is 0 Å². The lowest BCUT2D eigenvalue weighted by Crippen LogP contribution is -2.02. The molecule has 2 rings (SSSR count). The van der Waals surface area contributed by atoms with Gasteiger partial charge in [-0.1, -0.05) is 19.9 Å². The number of aromatic nitrogens is 3. The zero-order valence-electron chi connectivity index (χ0n) is 9.31. The molecule has 0 atom stereocenters. The molecule has 0 unspecified atom stereocenters. The summed E-state index contributed by atoms with van der Waals surface area (Å²) in [4.78, 5) is 4.54. The average molecular weight is 201 g/mol. The van der Waals surface area contributed by atoms with E-state index >= 15 is 0 Å². The van der Waals surface area contributed by atoms with Gasteiger partial charge in [0.25, 0.3) is 0 Å². The van der Waals surface area contributed by atoms with Crippen molar-refractivity contribution >= 4 is 0 Å². The Morgan fingerprint density at radius 2 is 2.07 bits per heavy atom. The highest BCUT2D eigenvalue weighted by Crippen LogP contribution is 2.18. The summed E-state index contributed by atoms with van der Waals surface area (Å²) >= 11 is 0. The maximum Gasteiger partial charge on any atom is 0.153 e. The molecule has 0 saturated heterocycles. The number of pyridine rings is 1. The molecule has 0 aromatic carbocycles. The van der Waals surface area contributed by atoms with Gasteiger partial charge in [-0.15, -0.1) is 0 Å². The number of rotatable bonds is 2. The predicted octanol–water partition coefficient (Wildman–Crippen LogP) is 2.70. The van der Waals surface area contributed by atoms with Gasteiger partial charge in [-0.3, -0.25) is 0 Å². The van der Waals surface area contributed by atoms with Crippen LogP contribution in [0.4, 0.5) is 0 Å². The van der Waals surface area contributed by atoms with Gasteiger partial charge in [0.15, 0.2) is 5.82 Å². The zero-order valence-corrected chi connectivity index (χ0v) is 9.31. The van der Waals surface area contributed by atoms with E-state index < -0.39 is 0 Å². The van der Waals surface area contributed by atoms with Gasteiger partial charge in [0, 0.05) is 18.1 Å². The lowest BCUT2D eigenvalue weighted by molar-refractivity contribution is 0.807. The number of hydrogen-bond acceptors (Lipinski definition) is 2. The number of aryl methyl sites for hydroxylation is 1. The van der Waals surface area contributed by atoms with Crippen LogP contribution in [0.3, 0.4) is 0 Å². The predicted molar refractivity (Wildman–Crippen MR) is 60.2 cm³/mol. The highest BCUT2D eigenvalue weighted by molar-refractivity contribution is 5.31. The fraction of sp³-hybridized carbons (Fsp3) is 0.333. The Hall–Kier alpha value is -1.64. The average Bonchev–Trinajstić information content (AvgIpc) is 2.69. The molecule has 2 aromatic heterocycles. The standard InChI is InChI=1S/C12H15N3/c1-9(2)11-5-6-12(14-10(11)3)15-8-4-7-13-15/h4-9H,1-3H3. The van der Waals surface area contributed by atoms with Gasteiger partial charge in [-0.2, -0.15) is 5.10 Å². The number of hydrogen-bond donors (Lipinski definition) is 0. The van der Waals surface area contributed by atoms with Gasteiger partial charge in [-0.05, 0) is 30.5 Å². The van der Waals surface area contributed by atoms with Crippen molar-refractivity contribution in [2.45, 2.75) is 26.7 Å². The molecule has 0 bridgehead atoms. The minimum atomic E-state index is 0.518. The van der Waals surface area contributed by atoms with Crippen LogP contribution in [0.2, 0.25) is 0 Å². The molecule has 0 radical (unpaired) electrons. The first-order valence-electron chi connectivity index (χ1n) is 5.16. The van der Waals surface area contributed by atoms with E-state index in [1.807, 2.05) is 25.3 Å². The Labute approximate surface area is 89.8 Å². The Morgan fingerprint density at radius 3 is 2.60 bits per heavy atom. The van der Waals surface area contributed by atoms with Crippen LogP contribution in [0.15, 0.2) is 30.6 Å². The van der Waals surface area contributed by atoms with Crippen molar-refractivity contribution in [3.8, 4) is 5.82 Å². The Bertz CT molecular complexity index is 444. The van der Waals surface area contributed by atoms with Crippen LogP contribution in [0.5, 0.6) is 0 Å². The fourth-order valence-corrected chi connectivity index (χ4v) is 1.70. The van der Waals surface area contributed by atoms with Crippen LogP contribution in [-0.4, -0.2) is 14.8 Å². The highest BCUT2D eigenvalue weighted by Gasteiger charge is 2.06. The molecular formula is C12H15N3. The Balaban J connectivity index is 2.42. The molecule has 0 amide bonds. The largest absolute Gasteiger partial charge is 0.234 e. The molecule has 0 fully saturated rings. The second-order valence-electron chi connectivity index (χ2n) is 3.95. The molecule has 15 heavy (non-hydrogen) atoms. The topological polar surface area (TPSA) is 30.7 Å². The molecule has 3 nitrogen and oxygen atoms in total. The van der Waals surface area contributed by atoms with E-state index in [4.69, 9.17) is 0 Å². The summed E-state index contributed by atoms with van der Waals surface area (Å²) in [6.07, 6.45) is 3.66. The molecule has 0 aliphatic carbocycles. The first-order chi connectivity index (χ1) is 7.18. The monoisotopic (exact) mass is 201 g/mol. The highest BCUT2D eigenvalue weighted by atomic mass is 15.3. The van der Waals surface area contributed by atoms with Crippen molar-refractivity contribution in [1.29, 1.82) is 0 Å². The molecule has 0 aliphatic rings. The van der Waals surface area contributed by atoms with Gasteiger partial charge in [-0.25, -0.2) is 9.67 Å². The van der Waals surface area contributed by atoms with Gasteiger partial charge in [0.2, 0.25) is 0 Å². The van der Waals surface area contributed by atoms with E-state index in [1.54, 1.807) is 10.9 Å². The molecule has 78 valence electrons. The third-order valence-corrected chi connectivity index (χ3v) is 2.47. The van der Waals surface area contributed by atoms with E-state index in [2.05, 4.69) is 30.0 Å². The molecule has 0 saturated carbocycles. The Morgan fingerprint density at radius 1 is 1.27 bits per heavy atom. The van der Waals surface area contributed by atoms with Crippen molar-refractivity contribution in [2.75, 3.05) is 0 Å². The molecule has 2 heterocycles. The van der Waals surface area contributed by atoms with Gasteiger partial charge >= 0.3 is 0 Å². The van der Waals surface area contributed by atoms with E-state index in [0.29, 0.717) is 5.92 Å². The van der Waals surface area contributed by atoms with Crippen LogP contribution in [0, 0.1) is 6.92 Å². The molecule has 2 aromatic rings. The first kappa shape index (κ1) is 9.90. The van der Waals surface area contributed by atoms with Crippen molar-refractivity contribution in [2.24, 2.45) is 0 Å². The maximum atomic E-state index is 4.54. The van der Waals surface area contributed by atoms with Gasteiger partial charge in [0.05, 0.1) is 0 Å². The first-order valence-corrected chi connectivity index (χ1v) is 5.16. The molecule has 3 heteroatoms.